The van der Waals surface area contributed by atoms with Crippen molar-refractivity contribution in [3.8, 4) is 0 Å². The van der Waals surface area contributed by atoms with E-state index in [4.69, 9.17) is 9.47 Å². The first-order valence-corrected chi connectivity index (χ1v) is 8.23. The number of H-pyrrole nitrogens is 1. The van der Waals surface area contributed by atoms with E-state index in [9.17, 15) is 9.59 Å². The third kappa shape index (κ3) is 4.85. The summed E-state index contributed by atoms with van der Waals surface area (Å²) in [5.41, 5.74) is 1.91. The lowest BCUT2D eigenvalue weighted by Gasteiger charge is -2.03. The fourth-order valence-corrected chi connectivity index (χ4v) is 2.60. The van der Waals surface area contributed by atoms with Gasteiger partial charge in [0.25, 0.3) is 0 Å². The van der Waals surface area contributed by atoms with Gasteiger partial charge in [0.2, 0.25) is 0 Å². The maximum absolute atomic E-state index is 11.6. The second-order valence-electron chi connectivity index (χ2n) is 4.53. The summed E-state index contributed by atoms with van der Waals surface area (Å²) in [6.07, 6.45) is 1.46. The molecule has 1 heterocycles. The van der Waals surface area contributed by atoms with Gasteiger partial charge in [-0.25, -0.2) is 14.6 Å². The number of ether oxygens (including phenoxy) is 2. The van der Waals surface area contributed by atoms with Gasteiger partial charge in [-0.1, -0.05) is 23.9 Å². The number of benzene rings is 1. The molecule has 0 radical (unpaired) electrons. The van der Waals surface area contributed by atoms with E-state index in [0.717, 1.165) is 5.56 Å². The quantitative estimate of drug-likeness (QED) is 0.619. The van der Waals surface area contributed by atoms with Crippen LogP contribution in [0.3, 0.4) is 0 Å². The number of aromatic amines is 1. The van der Waals surface area contributed by atoms with Gasteiger partial charge in [-0.15, -0.1) is 0 Å². The van der Waals surface area contributed by atoms with Gasteiger partial charge < -0.3 is 14.5 Å². The third-order valence-electron chi connectivity index (χ3n) is 2.89. The number of carbonyl (C=O) groups is 2. The molecule has 0 bridgehead atoms. The molecule has 2 aromatic rings. The van der Waals surface area contributed by atoms with E-state index in [0.29, 0.717) is 35.4 Å². The molecule has 0 fully saturated rings. The lowest BCUT2D eigenvalue weighted by Crippen LogP contribution is -2.04. The summed E-state index contributed by atoms with van der Waals surface area (Å²) in [6, 6.07) is 7.21. The summed E-state index contributed by atoms with van der Waals surface area (Å²) in [6.45, 7) is 4.21. The Bertz CT molecular complexity index is 667. The number of esters is 2. The van der Waals surface area contributed by atoms with Crippen molar-refractivity contribution in [1.82, 2.24) is 9.97 Å². The maximum Gasteiger partial charge on any atom is 0.356 e. The molecule has 0 aliphatic rings. The molecule has 1 aromatic carbocycles. The first-order chi connectivity index (χ1) is 11.1. The molecule has 0 amide bonds. The standard InChI is InChI=1S/C16H18N2O4S/c1-3-21-14(19)12-7-5-11(6-8-12)10-23-16-17-9-13(18-16)15(20)22-4-2/h5-9H,3-4,10H2,1-2H3,(H,17,18). The summed E-state index contributed by atoms with van der Waals surface area (Å²) < 4.78 is 9.84. The smallest absolute Gasteiger partial charge is 0.356 e. The van der Waals surface area contributed by atoms with Gasteiger partial charge >= 0.3 is 11.9 Å². The maximum atomic E-state index is 11.6. The Morgan fingerprint density at radius 2 is 1.74 bits per heavy atom. The predicted octanol–water partition coefficient (Wildman–Crippen LogP) is 3.06. The number of rotatable bonds is 7. The molecule has 0 aliphatic carbocycles. The molecule has 122 valence electrons. The van der Waals surface area contributed by atoms with Crippen molar-refractivity contribution >= 4 is 23.7 Å². The second-order valence-corrected chi connectivity index (χ2v) is 5.49. The summed E-state index contributed by atoms with van der Waals surface area (Å²) in [5, 5.41) is 0.641. The Labute approximate surface area is 138 Å². The van der Waals surface area contributed by atoms with Crippen LogP contribution >= 0.6 is 11.8 Å². The second kappa shape index (κ2) is 8.38. The number of thioether (sulfide) groups is 1. The molecule has 7 heteroatoms. The number of carbonyl (C=O) groups excluding carboxylic acids is 2. The molecule has 6 nitrogen and oxygen atoms in total. The summed E-state index contributed by atoms with van der Waals surface area (Å²) in [4.78, 5) is 30.2. The van der Waals surface area contributed by atoms with E-state index in [1.165, 1.54) is 18.0 Å². The molecule has 1 aromatic heterocycles. The van der Waals surface area contributed by atoms with Crippen LogP contribution in [0.2, 0.25) is 0 Å². The molecule has 0 spiro atoms. The van der Waals surface area contributed by atoms with E-state index in [2.05, 4.69) is 9.97 Å². The molecule has 1 N–H and O–H groups in total. The minimum atomic E-state index is -0.411. The Morgan fingerprint density at radius 3 is 2.39 bits per heavy atom. The molecular weight excluding hydrogens is 316 g/mol. The van der Waals surface area contributed by atoms with Crippen LogP contribution in [0.15, 0.2) is 35.6 Å². The zero-order valence-electron chi connectivity index (χ0n) is 13.0. The molecule has 0 atom stereocenters. The highest BCUT2D eigenvalue weighted by Crippen LogP contribution is 2.20. The van der Waals surface area contributed by atoms with E-state index in [1.54, 1.807) is 26.0 Å². The van der Waals surface area contributed by atoms with Crippen molar-refractivity contribution in [1.29, 1.82) is 0 Å². The lowest BCUT2D eigenvalue weighted by molar-refractivity contribution is 0.0513. The molecular formula is C16H18N2O4S. The van der Waals surface area contributed by atoms with Gasteiger partial charge in [0, 0.05) is 5.75 Å². The molecule has 0 unspecified atom stereocenters. The van der Waals surface area contributed by atoms with Crippen LogP contribution in [-0.2, 0) is 15.2 Å². The van der Waals surface area contributed by atoms with E-state index >= 15 is 0 Å². The molecule has 2 rings (SSSR count). The predicted molar refractivity (Wildman–Crippen MR) is 86.5 cm³/mol. The van der Waals surface area contributed by atoms with Crippen molar-refractivity contribution in [2.45, 2.75) is 24.8 Å². The normalized spacial score (nSPS) is 10.3. The number of nitrogens with one attached hydrogen (secondary N) is 1. The van der Waals surface area contributed by atoms with E-state index in [-0.39, 0.29) is 5.97 Å². The lowest BCUT2D eigenvalue weighted by atomic mass is 10.1. The molecule has 23 heavy (non-hydrogen) atoms. The zero-order valence-corrected chi connectivity index (χ0v) is 13.8. The number of aromatic nitrogens is 2. The van der Waals surface area contributed by atoms with Crippen molar-refractivity contribution in [3.63, 3.8) is 0 Å². The Balaban J connectivity index is 1.91. The average Bonchev–Trinajstić information content (AvgIpc) is 3.03. The Morgan fingerprint density at radius 1 is 1.09 bits per heavy atom. The number of hydrogen-bond donors (Lipinski definition) is 1. The highest BCUT2D eigenvalue weighted by molar-refractivity contribution is 7.98. The SMILES string of the molecule is CCOC(=O)c1ccc(CSc2ncc(C(=O)OCC)[nH]2)cc1. The summed E-state index contributed by atoms with van der Waals surface area (Å²) in [7, 11) is 0. The first-order valence-electron chi connectivity index (χ1n) is 7.25. The van der Waals surface area contributed by atoms with Gasteiger partial charge in [-0.3, -0.25) is 0 Å². The van der Waals surface area contributed by atoms with Crippen LogP contribution in [0, 0.1) is 0 Å². The van der Waals surface area contributed by atoms with Crippen molar-refractivity contribution in [3.05, 3.63) is 47.3 Å². The minimum Gasteiger partial charge on any atom is -0.462 e. The van der Waals surface area contributed by atoms with Gasteiger partial charge in [0.1, 0.15) is 5.69 Å². The molecule has 0 saturated carbocycles. The van der Waals surface area contributed by atoms with Crippen molar-refractivity contribution < 1.29 is 19.1 Å². The average molecular weight is 334 g/mol. The van der Waals surface area contributed by atoms with Gasteiger partial charge in [0.15, 0.2) is 5.16 Å². The van der Waals surface area contributed by atoms with Crippen LogP contribution in [0.4, 0.5) is 0 Å². The number of nitrogens with zero attached hydrogens (tertiary/aromatic N) is 1. The minimum absolute atomic E-state index is 0.322. The van der Waals surface area contributed by atoms with Crippen molar-refractivity contribution in [2.75, 3.05) is 13.2 Å². The zero-order chi connectivity index (χ0) is 16.7. The van der Waals surface area contributed by atoms with Gasteiger partial charge in [-0.05, 0) is 31.5 Å². The highest BCUT2D eigenvalue weighted by Gasteiger charge is 2.11. The summed E-state index contributed by atoms with van der Waals surface area (Å²) in [5.74, 6) is -0.0683. The van der Waals surface area contributed by atoms with Gasteiger partial charge in [0.05, 0.1) is 25.0 Å². The Kier molecular flexibility index (Phi) is 6.22. The fourth-order valence-electron chi connectivity index (χ4n) is 1.79. The molecule has 0 aliphatic heterocycles. The van der Waals surface area contributed by atoms with Gasteiger partial charge in [-0.2, -0.15) is 0 Å². The highest BCUT2D eigenvalue weighted by atomic mass is 32.2. The van der Waals surface area contributed by atoms with Crippen LogP contribution < -0.4 is 0 Å². The van der Waals surface area contributed by atoms with E-state index < -0.39 is 5.97 Å². The first kappa shape index (κ1) is 17.1. The largest absolute Gasteiger partial charge is 0.462 e. The number of imidazole rings is 1. The monoisotopic (exact) mass is 334 g/mol. The Hall–Kier alpha value is -2.28. The fraction of sp³-hybridized carbons (Fsp3) is 0.312. The topological polar surface area (TPSA) is 81.3 Å². The summed E-state index contributed by atoms with van der Waals surface area (Å²) >= 11 is 1.46. The van der Waals surface area contributed by atoms with Crippen LogP contribution in [-0.4, -0.2) is 35.1 Å². The van der Waals surface area contributed by atoms with Crippen molar-refractivity contribution in [2.24, 2.45) is 0 Å². The number of hydrogen-bond acceptors (Lipinski definition) is 6. The molecule has 0 saturated heterocycles. The third-order valence-corrected chi connectivity index (χ3v) is 3.85. The van der Waals surface area contributed by atoms with E-state index in [1.807, 2.05) is 12.1 Å². The van der Waals surface area contributed by atoms with Crippen LogP contribution in [0.25, 0.3) is 0 Å². The van der Waals surface area contributed by atoms with Crippen LogP contribution in [0.5, 0.6) is 0 Å². The van der Waals surface area contributed by atoms with Crippen LogP contribution in [0.1, 0.15) is 40.3 Å².